The van der Waals surface area contributed by atoms with E-state index in [0.717, 1.165) is 4.47 Å². The summed E-state index contributed by atoms with van der Waals surface area (Å²) in [5.41, 5.74) is 0. The number of nitrogens with one attached hydrogen (secondary N) is 1. The predicted octanol–water partition coefficient (Wildman–Crippen LogP) is 2.02. The van der Waals surface area contributed by atoms with E-state index in [1.807, 2.05) is 6.26 Å². The molecule has 0 radical (unpaired) electrons. The fourth-order valence-electron chi connectivity index (χ4n) is 1.47. The molecule has 0 aliphatic carbocycles. The van der Waals surface area contributed by atoms with Gasteiger partial charge in [-0.3, -0.25) is 4.79 Å². The smallest absolute Gasteiger partial charge is 0.323 e. The van der Waals surface area contributed by atoms with Crippen molar-refractivity contribution >= 4 is 43.7 Å². The summed E-state index contributed by atoms with van der Waals surface area (Å²) < 4.78 is 32.2. The van der Waals surface area contributed by atoms with Gasteiger partial charge in [-0.25, -0.2) is 8.42 Å². The molecule has 0 heterocycles. The van der Waals surface area contributed by atoms with Gasteiger partial charge in [0.05, 0.1) is 12.0 Å². The van der Waals surface area contributed by atoms with Crippen LogP contribution in [0.3, 0.4) is 0 Å². The number of carbonyl (C=O) groups is 1. The molecule has 0 fully saturated rings. The first-order valence-corrected chi connectivity index (χ1v) is 9.42. The maximum absolute atomic E-state index is 12.2. The third kappa shape index (κ3) is 5.08. The van der Waals surface area contributed by atoms with Crippen molar-refractivity contribution in [3.63, 3.8) is 0 Å². The van der Waals surface area contributed by atoms with Gasteiger partial charge in [0.1, 0.15) is 6.04 Å². The number of hydrogen-bond acceptors (Lipinski definition) is 5. The lowest BCUT2D eigenvalue weighted by atomic mass is 10.2. The SMILES string of the molecule is COC(=O)[C@H](CCSC)NS(=O)(=O)c1ccc(Br)cc1. The van der Waals surface area contributed by atoms with Gasteiger partial charge in [-0.2, -0.15) is 16.5 Å². The van der Waals surface area contributed by atoms with Gasteiger partial charge >= 0.3 is 5.97 Å². The Morgan fingerprint density at radius 3 is 2.50 bits per heavy atom. The molecule has 0 aromatic heterocycles. The highest BCUT2D eigenvalue weighted by molar-refractivity contribution is 9.10. The number of hydrogen-bond donors (Lipinski definition) is 1. The Morgan fingerprint density at radius 1 is 1.40 bits per heavy atom. The minimum absolute atomic E-state index is 0.110. The molecule has 1 rings (SSSR count). The van der Waals surface area contributed by atoms with Crippen LogP contribution in [-0.2, 0) is 19.6 Å². The largest absolute Gasteiger partial charge is 0.468 e. The zero-order valence-corrected chi connectivity index (χ0v) is 14.3. The maximum atomic E-state index is 12.2. The van der Waals surface area contributed by atoms with Gasteiger partial charge in [0.2, 0.25) is 10.0 Å². The molecule has 0 aliphatic heterocycles. The van der Waals surface area contributed by atoms with Crippen LogP contribution in [0.2, 0.25) is 0 Å². The maximum Gasteiger partial charge on any atom is 0.323 e. The molecule has 0 unspecified atom stereocenters. The lowest BCUT2D eigenvalue weighted by Gasteiger charge is -2.16. The Bertz CT molecular complexity index is 545. The molecule has 8 heteroatoms. The second-order valence-corrected chi connectivity index (χ2v) is 7.55. The molecule has 0 aliphatic rings. The number of carbonyl (C=O) groups excluding carboxylic acids is 1. The highest BCUT2D eigenvalue weighted by Gasteiger charge is 2.25. The molecule has 0 saturated heterocycles. The van der Waals surface area contributed by atoms with E-state index in [0.29, 0.717) is 12.2 Å². The van der Waals surface area contributed by atoms with E-state index in [1.165, 1.54) is 31.0 Å². The number of ether oxygens (including phenoxy) is 1. The van der Waals surface area contributed by atoms with Gasteiger partial charge in [0, 0.05) is 4.47 Å². The first-order chi connectivity index (χ1) is 9.40. The van der Waals surface area contributed by atoms with Gasteiger partial charge in [-0.1, -0.05) is 15.9 Å². The Balaban J connectivity index is 2.90. The van der Waals surface area contributed by atoms with Crippen LogP contribution in [0.5, 0.6) is 0 Å². The van der Waals surface area contributed by atoms with Crippen molar-refractivity contribution in [2.75, 3.05) is 19.1 Å². The molecular weight excluding hydrogens is 366 g/mol. The highest BCUT2D eigenvalue weighted by atomic mass is 79.9. The van der Waals surface area contributed by atoms with Crippen molar-refractivity contribution in [1.29, 1.82) is 0 Å². The highest BCUT2D eigenvalue weighted by Crippen LogP contribution is 2.15. The molecule has 1 aromatic rings. The number of halogens is 1. The number of esters is 1. The molecule has 0 saturated carbocycles. The lowest BCUT2D eigenvalue weighted by molar-refractivity contribution is -0.142. The van der Waals surface area contributed by atoms with Crippen LogP contribution in [0, 0.1) is 0 Å². The van der Waals surface area contributed by atoms with E-state index in [-0.39, 0.29) is 4.90 Å². The number of methoxy groups -OCH3 is 1. The second-order valence-electron chi connectivity index (χ2n) is 3.93. The molecule has 112 valence electrons. The van der Waals surface area contributed by atoms with Crippen molar-refractivity contribution in [3.8, 4) is 0 Å². The molecule has 1 N–H and O–H groups in total. The molecule has 0 bridgehead atoms. The van der Waals surface area contributed by atoms with E-state index >= 15 is 0 Å². The molecule has 1 aromatic carbocycles. The topological polar surface area (TPSA) is 72.5 Å². The van der Waals surface area contributed by atoms with Crippen molar-refractivity contribution in [3.05, 3.63) is 28.7 Å². The van der Waals surface area contributed by atoms with Crippen LogP contribution >= 0.6 is 27.7 Å². The normalized spacial score (nSPS) is 12.9. The van der Waals surface area contributed by atoms with Crippen LogP contribution in [0.1, 0.15) is 6.42 Å². The summed E-state index contributed by atoms with van der Waals surface area (Å²) >= 11 is 4.77. The monoisotopic (exact) mass is 381 g/mol. The Hall–Kier alpha value is -0.570. The zero-order valence-electron chi connectivity index (χ0n) is 11.1. The van der Waals surface area contributed by atoms with E-state index in [2.05, 4.69) is 25.4 Å². The van der Waals surface area contributed by atoms with E-state index in [1.54, 1.807) is 12.1 Å². The second kappa shape index (κ2) is 8.02. The first-order valence-electron chi connectivity index (χ1n) is 5.75. The standard InChI is InChI=1S/C12H16BrNO4S2/c1-18-12(15)11(7-8-19-2)14-20(16,17)10-5-3-9(13)4-6-10/h3-6,11,14H,7-8H2,1-2H3/t11-/m0/s1. The molecule has 1 atom stereocenters. The quantitative estimate of drug-likeness (QED) is 0.731. The fourth-order valence-corrected chi connectivity index (χ4v) is 3.43. The summed E-state index contributed by atoms with van der Waals surface area (Å²) in [6, 6.07) is 5.32. The van der Waals surface area contributed by atoms with Gasteiger partial charge in [0.25, 0.3) is 0 Å². The average molecular weight is 382 g/mol. The molecule has 0 amide bonds. The number of thioether (sulfide) groups is 1. The summed E-state index contributed by atoms with van der Waals surface area (Å²) in [7, 11) is -2.50. The number of sulfonamides is 1. The first kappa shape index (κ1) is 17.5. The third-order valence-corrected chi connectivity index (χ3v) is 5.18. The van der Waals surface area contributed by atoms with E-state index < -0.39 is 22.0 Å². The van der Waals surface area contributed by atoms with Crippen molar-refractivity contribution in [2.24, 2.45) is 0 Å². The van der Waals surface area contributed by atoms with Crippen LogP contribution < -0.4 is 4.72 Å². The van der Waals surface area contributed by atoms with E-state index in [9.17, 15) is 13.2 Å². The van der Waals surface area contributed by atoms with Crippen LogP contribution in [0.25, 0.3) is 0 Å². The predicted molar refractivity (Wildman–Crippen MR) is 83.3 cm³/mol. The summed E-state index contributed by atoms with van der Waals surface area (Å²) in [5, 5.41) is 0. The lowest BCUT2D eigenvalue weighted by Crippen LogP contribution is -2.41. The minimum atomic E-state index is -3.74. The summed E-state index contributed by atoms with van der Waals surface area (Å²) in [6.45, 7) is 0. The molecule has 5 nitrogen and oxygen atoms in total. The fraction of sp³-hybridized carbons (Fsp3) is 0.417. The molecule has 0 spiro atoms. The van der Waals surface area contributed by atoms with Crippen LogP contribution in [0.15, 0.2) is 33.6 Å². The van der Waals surface area contributed by atoms with Gasteiger partial charge in [0.15, 0.2) is 0 Å². The summed E-state index contributed by atoms with van der Waals surface area (Å²) in [4.78, 5) is 11.7. The molecular formula is C12H16BrNO4S2. The Labute approximate surface area is 131 Å². The summed E-state index contributed by atoms with van der Waals surface area (Å²) in [6.07, 6.45) is 2.27. The summed E-state index contributed by atoms with van der Waals surface area (Å²) in [5.74, 6) is 0.0718. The third-order valence-electron chi connectivity index (χ3n) is 2.52. The van der Waals surface area contributed by atoms with Gasteiger partial charge in [-0.15, -0.1) is 0 Å². The van der Waals surface area contributed by atoms with Gasteiger partial charge in [-0.05, 0) is 42.7 Å². The van der Waals surface area contributed by atoms with Gasteiger partial charge < -0.3 is 4.74 Å². The number of benzene rings is 1. The zero-order chi connectivity index (χ0) is 15.2. The Kier molecular flexibility index (Phi) is 7.01. The van der Waals surface area contributed by atoms with Crippen LogP contribution in [-0.4, -0.2) is 39.5 Å². The molecule has 20 heavy (non-hydrogen) atoms. The van der Waals surface area contributed by atoms with Crippen molar-refractivity contribution < 1.29 is 17.9 Å². The van der Waals surface area contributed by atoms with Crippen molar-refractivity contribution in [1.82, 2.24) is 4.72 Å². The number of rotatable bonds is 7. The van der Waals surface area contributed by atoms with Crippen LogP contribution in [0.4, 0.5) is 0 Å². The minimum Gasteiger partial charge on any atom is -0.468 e. The van der Waals surface area contributed by atoms with E-state index in [4.69, 9.17) is 0 Å². The van der Waals surface area contributed by atoms with Crippen molar-refractivity contribution in [2.45, 2.75) is 17.4 Å². The Morgan fingerprint density at radius 2 is 2.00 bits per heavy atom. The average Bonchev–Trinajstić information content (AvgIpc) is 2.43.